The molecule has 0 unspecified atom stereocenters. The van der Waals surface area contributed by atoms with Crippen LogP contribution in [0.5, 0.6) is 0 Å². The van der Waals surface area contributed by atoms with Crippen molar-refractivity contribution in [2.24, 2.45) is 0 Å². The Balaban J connectivity index is 2.15. The Bertz CT molecular complexity index is 281. The van der Waals surface area contributed by atoms with E-state index in [9.17, 15) is 0 Å². The molecule has 0 heterocycles. The average molecular weight is 209 g/mol. The maximum atomic E-state index is 9.05. The van der Waals surface area contributed by atoms with Gasteiger partial charge in [-0.15, -0.1) is 0 Å². The van der Waals surface area contributed by atoms with E-state index in [0.29, 0.717) is 6.61 Å². The van der Waals surface area contributed by atoms with Crippen molar-refractivity contribution in [2.45, 2.75) is 32.1 Å². The standard InChI is InChI=1S/C11H16N2O2/c12-13-8-11(14)9-15-7-6-10-4-2-1-3-5-10/h6,8H,1-5,7,9H2/p+1/b11-8+. The molecule has 0 aromatic rings. The van der Waals surface area contributed by atoms with Crippen LogP contribution in [-0.2, 0) is 4.74 Å². The number of aliphatic hydroxyl groups is 1. The van der Waals surface area contributed by atoms with Gasteiger partial charge in [0.15, 0.2) is 4.98 Å². The smallest absolute Gasteiger partial charge is 0.389 e. The second-order valence-electron chi connectivity index (χ2n) is 3.67. The van der Waals surface area contributed by atoms with Crippen LogP contribution < -0.4 is 0 Å². The van der Waals surface area contributed by atoms with Crippen molar-refractivity contribution in [2.75, 3.05) is 13.2 Å². The summed E-state index contributed by atoms with van der Waals surface area (Å²) < 4.78 is 5.18. The summed E-state index contributed by atoms with van der Waals surface area (Å²) in [5, 5.41) is 17.2. The number of allylic oxidation sites excluding steroid dienone is 1. The molecule has 1 fully saturated rings. The molecule has 1 saturated carbocycles. The molecule has 0 amide bonds. The van der Waals surface area contributed by atoms with E-state index in [0.717, 1.165) is 6.20 Å². The molecule has 1 rings (SSSR count). The van der Waals surface area contributed by atoms with E-state index < -0.39 is 0 Å². The van der Waals surface area contributed by atoms with Gasteiger partial charge in [0.1, 0.15) is 6.61 Å². The summed E-state index contributed by atoms with van der Waals surface area (Å²) in [7, 11) is 0. The van der Waals surface area contributed by atoms with Crippen LogP contribution in [0, 0.1) is 5.39 Å². The first kappa shape index (κ1) is 11.7. The summed E-state index contributed by atoms with van der Waals surface area (Å²) in [4.78, 5) is 2.70. The first-order valence-corrected chi connectivity index (χ1v) is 5.31. The molecule has 4 heteroatoms. The van der Waals surface area contributed by atoms with Gasteiger partial charge in [0.2, 0.25) is 11.2 Å². The molecular weight excluding hydrogens is 192 g/mol. The third-order valence-corrected chi connectivity index (χ3v) is 2.44. The van der Waals surface area contributed by atoms with Gasteiger partial charge in [-0.25, -0.2) is 0 Å². The zero-order valence-corrected chi connectivity index (χ0v) is 8.85. The monoisotopic (exact) mass is 209 g/mol. The van der Waals surface area contributed by atoms with Crippen LogP contribution in [0.25, 0.3) is 4.98 Å². The quantitative estimate of drug-likeness (QED) is 0.335. The Hall–Kier alpha value is -1.34. The molecule has 0 atom stereocenters. The van der Waals surface area contributed by atoms with E-state index in [1.807, 2.05) is 0 Å². The fraction of sp³-hybridized carbons (Fsp3) is 0.636. The van der Waals surface area contributed by atoms with Crippen molar-refractivity contribution in [1.29, 1.82) is 5.39 Å². The Morgan fingerprint density at radius 2 is 2.13 bits per heavy atom. The SMILES string of the molecule is N#[N+]/C=C(/O)COCC=C1CCCCC1. The summed E-state index contributed by atoms with van der Waals surface area (Å²) in [6.07, 6.45) is 9.30. The highest BCUT2D eigenvalue weighted by molar-refractivity contribution is 5.04. The Labute approximate surface area is 89.9 Å². The first-order chi connectivity index (χ1) is 7.33. The van der Waals surface area contributed by atoms with Crippen LogP contribution in [0.4, 0.5) is 0 Å². The lowest BCUT2D eigenvalue weighted by molar-refractivity contribution is 0.152. The van der Waals surface area contributed by atoms with Crippen molar-refractivity contribution in [3.8, 4) is 0 Å². The van der Waals surface area contributed by atoms with E-state index in [4.69, 9.17) is 15.2 Å². The summed E-state index contributed by atoms with van der Waals surface area (Å²) in [6.45, 7) is 0.604. The number of hydrogen-bond acceptors (Lipinski definition) is 3. The second-order valence-corrected chi connectivity index (χ2v) is 3.67. The number of ether oxygens (including phenoxy) is 1. The maximum absolute atomic E-state index is 9.05. The molecule has 0 aromatic heterocycles. The molecule has 0 aromatic carbocycles. The van der Waals surface area contributed by atoms with E-state index in [-0.39, 0.29) is 12.4 Å². The zero-order chi connectivity index (χ0) is 10.9. The van der Waals surface area contributed by atoms with Gasteiger partial charge in [-0.3, -0.25) is 0 Å². The molecule has 0 saturated heterocycles. The normalized spacial score (nSPS) is 17.3. The molecule has 15 heavy (non-hydrogen) atoms. The summed E-state index contributed by atoms with van der Waals surface area (Å²) >= 11 is 0. The zero-order valence-electron chi connectivity index (χ0n) is 8.85. The van der Waals surface area contributed by atoms with Gasteiger partial charge in [0, 0.05) is 0 Å². The van der Waals surface area contributed by atoms with Gasteiger partial charge in [-0.2, -0.15) is 0 Å². The molecule has 82 valence electrons. The minimum absolute atomic E-state index is 0.0699. The predicted octanol–water partition coefficient (Wildman–Crippen LogP) is 3.15. The average Bonchev–Trinajstić information content (AvgIpc) is 2.26. The molecular formula is C11H17N2O2+. The van der Waals surface area contributed by atoms with Crippen molar-refractivity contribution in [3.63, 3.8) is 0 Å². The van der Waals surface area contributed by atoms with Gasteiger partial charge >= 0.3 is 6.20 Å². The lowest BCUT2D eigenvalue weighted by Gasteiger charge is -2.13. The molecule has 0 aliphatic heterocycles. The number of rotatable bonds is 4. The molecule has 0 spiro atoms. The molecule has 1 aliphatic carbocycles. The van der Waals surface area contributed by atoms with E-state index in [1.54, 1.807) is 0 Å². The minimum atomic E-state index is -0.0699. The summed E-state index contributed by atoms with van der Waals surface area (Å²) in [5.74, 6) is -0.0699. The highest BCUT2D eigenvalue weighted by Crippen LogP contribution is 2.22. The molecule has 0 radical (unpaired) electrons. The van der Waals surface area contributed by atoms with Gasteiger partial charge in [0.05, 0.1) is 6.61 Å². The fourth-order valence-electron chi connectivity index (χ4n) is 1.65. The van der Waals surface area contributed by atoms with E-state index in [1.165, 1.54) is 37.7 Å². The lowest BCUT2D eigenvalue weighted by Crippen LogP contribution is -2.00. The Kier molecular flexibility index (Phi) is 5.49. The number of hydrogen-bond donors (Lipinski definition) is 1. The van der Waals surface area contributed by atoms with Gasteiger partial charge in [-0.1, -0.05) is 18.1 Å². The van der Waals surface area contributed by atoms with E-state index >= 15 is 0 Å². The predicted molar refractivity (Wildman–Crippen MR) is 57.8 cm³/mol. The maximum Gasteiger partial charge on any atom is 0.389 e. The van der Waals surface area contributed by atoms with Crippen molar-refractivity contribution >= 4 is 0 Å². The first-order valence-electron chi connectivity index (χ1n) is 5.31. The Morgan fingerprint density at radius 1 is 1.40 bits per heavy atom. The largest absolute Gasteiger partial charge is 0.504 e. The van der Waals surface area contributed by atoms with Crippen molar-refractivity contribution in [1.82, 2.24) is 0 Å². The molecule has 0 bridgehead atoms. The van der Waals surface area contributed by atoms with Gasteiger partial charge < -0.3 is 9.84 Å². The van der Waals surface area contributed by atoms with Crippen molar-refractivity contribution in [3.05, 3.63) is 28.6 Å². The van der Waals surface area contributed by atoms with Crippen LogP contribution in [0.2, 0.25) is 0 Å². The van der Waals surface area contributed by atoms with Crippen LogP contribution in [0.15, 0.2) is 23.6 Å². The highest BCUT2D eigenvalue weighted by atomic mass is 16.5. The second kappa shape index (κ2) is 7.02. The van der Waals surface area contributed by atoms with Crippen LogP contribution in [-0.4, -0.2) is 18.3 Å². The number of nitrogens with zero attached hydrogens (tertiary/aromatic N) is 2. The van der Waals surface area contributed by atoms with Crippen LogP contribution in [0.1, 0.15) is 32.1 Å². The van der Waals surface area contributed by atoms with Crippen molar-refractivity contribution < 1.29 is 9.84 Å². The minimum Gasteiger partial charge on any atom is -0.504 e. The molecule has 4 nitrogen and oxygen atoms in total. The molecule has 1 aliphatic rings. The number of diazo groups is 1. The summed E-state index contributed by atoms with van der Waals surface area (Å²) in [5.41, 5.74) is 1.46. The number of aliphatic hydroxyl groups excluding tert-OH is 1. The molecule has 1 N–H and O–H groups in total. The third-order valence-electron chi connectivity index (χ3n) is 2.44. The van der Waals surface area contributed by atoms with Gasteiger partial charge in [0.25, 0.3) is 0 Å². The topological polar surface area (TPSA) is 57.6 Å². The van der Waals surface area contributed by atoms with E-state index in [2.05, 4.69) is 11.1 Å². The van der Waals surface area contributed by atoms with Gasteiger partial charge in [-0.05, 0) is 25.7 Å². The highest BCUT2D eigenvalue weighted by Gasteiger charge is 2.04. The summed E-state index contributed by atoms with van der Waals surface area (Å²) in [6, 6.07) is 0. The lowest BCUT2D eigenvalue weighted by atomic mass is 9.95. The Morgan fingerprint density at radius 3 is 2.80 bits per heavy atom. The fourth-order valence-corrected chi connectivity index (χ4v) is 1.65. The van der Waals surface area contributed by atoms with Crippen LogP contribution >= 0.6 is 0 Å². The third kappa shape index (κ3) is 5.18. The van der Waals surface area contributed by atoms with Crippen LogP contribution in [0.3, 0.4) is 0 Å².